The lowest BCUT2D eigenvalue weighted by atomic mass is 10.1. The van der Waals surface area contributed by atoms with Gasteiger partial charge in [-0.1, -0.05) is 26.7 Å². The lowest BCUT2D eigenvalue weighted by Gasteiger charge is -2.22. The molecule has 0 spiro atoms. The molecule has 0 aliphatic carbocycles. The third kappa shape index (κ3) is 11.3. The first-order valence-electron chi connectivity index (χ1n) is 14.3. The van der Waals surface area contributed by atoms with Gasteiger partial charge in [0.15, 0.2) is 47.1 Å². The van der Waals surface area contributed by atoms with E-state index in [2.05, 4.69) is 43.4 Å². The van der Waals surface area contributed by atoms with Crippen molar-refractivity contribution >= 4 is 79.6 Å². The molecule has 1 saturated heterocycles. The van der Waals surface area contributed by atoms with Crippen molar-refractivity contribution < 1.29 is 88.1 Å². The van der Waals surface area contributed by atoms with Crippen molar-refractivity contribution in [2.24, 2.45) is 5.11 Å². The van der Waals surface area contributed by atoms with Crippen LogP contribution in [0.5, 0.6) is 0 Å². The lowest BCUT2D eigenvalue weighted by Crippen LogP contribution is -2.37. The fourth-order valence-electron chi connectivity index (χ4n) is 4.43. The van der Waals surface area contributed by atoms with Gasteiger partial charge in [0.25, 0.3) is 5.91 Å². The molecule has 3 heterocycles. The number of benzene rings is 1. The van der Waals surface area contributed by atoms with Gasteiger partial charge in [-0.15, -0.1) is 0 Å². The number of imidazole rings is 1. The fourth-order valence-corrected chi connectivity index (χ4v) is 9.34. The Bertz CT molecular complexity index is 2120. The van der Waals surface area contributed by atoms with E-state index in [1.807, 2.05) is 0 Å². The van der Waals surface area contributed by atoms with E-state index in [0.717, 1.165) is 38.8 Å². The molecule has 0 radical (unpaired) electrons. The number of carbonyl (C=O) groups is 2. The maximum atomic E-state index is 14.2. The molecular weight excluding hydrogens is 863 g/mol. The number of nitrogen functional groups attached to an aromatic ring is 1. The van der Waals surface area contributed by atoms with Crippen LogP contribution in [-0.2, 0) is 41.1 Å². The number of nitrogens with zero attached hydrogens (tertiary/aromatic N) is 7. The molecule has 302 valence electrons. The van der Waals surface area contributed by atoms with Gasteiger partial charge in [0.05, 0.1) is 19.4 Å². The maximum Gasteiger partial charge on any atom is 0.490 e. The molecular formula is C22H24F4N9O15P3S2. The van der Waals surface area contributed by atoms with Crippen molar-refractivity contribution in [2.45, 2.75) is 31.0 Å². The minimum Gasteiger partial charge on any atom is -0.455 e. The molecule has 6 atom stereocenters. The summed E-state index contributed by atoms with van der Waals surface area (Å²) < 4.78 is 115. The number of fused-ring (bicyclic) bond motifs is 1. The second-order valence-corrected chi connectivity index (χ2v) is 17.4. The van der Waals surface area contributed by atoms with Gasteiger partial charge in [0.2, 0.25) is 0 Å². The largest absolute Gasteiger partial charge is 0.490 e. The lowest BCUT2D eigenvalue weighted by molar-refractivity contribution is -0.158. The number of phosphoric ester groups is 1. The summed E-state index contributed by atoms with van der Waals surface area (Å²) in [4.78, 5) is 75.5. The summed E-state index contributed by atoms with van der Waals surface area (Å²) in [6.07, 6.45) is -4.80. The van der Waals surface area contributed by atoms with Crippen LogP contribution in [0.4, 0.5) is 29.1 Å². The van der Waals surface area contributed by atoms with E-state index in [4.69, 9.17) is 30.5 Å². The van der Waals surface area contributed by atoms with Gasteiger partial charge >= 0.3 is 29.4 Å². The van der Waals surface area contributed by atoms with Crippen LogP contribution in [0.15, 0.2) is 17.8 Å². The minimum atomic E-state index is -5.87. The number of aliphatic hydroxyl groups excluding tert-OH is 1. The Morgan fingerprint density at radius 2 is 1.67 bits per heavy atom. The van der Waals surface area contributed by atoms with E-state index in [1.54, 1.807) is 0 Å². The number of rotatable bonds is 18. The predicted octanol–water partition coefficient (Wildman–Crippen LogP) is 2.62. The first-order chi connectivity index (χ1) is 25.7. The van der Waals surface area contributed by atoms with Gasteiger partial charge in [-0.3, -0.25) is 18.7 Å². The average Bonchev–Trinajstić information content (AvgIpc) is 3.64. The fraction of sp³-hybridized carbons (Fsp3) is 0.409. The molecule has 3 aromatic rings. The van der Waals surface area contributed by atoms with Crippen molar-refractivity contribution in [3.63, 3.8) is 0 Å². The number of hydrogen-bond donors (Lipinski definition) is 7. The van der Waals surface area contributed by atoms with Crippen molar-refractivity contribution in [1.82, 2.24) is 24.8 Å². The quantitative estimate of drug-likeness (QED) is 0.0111. The number of halogens is 4. The molecule has 8 N–H and O–H groups in total. The number of phosphoric acid groups is 3. The second-order valence-electron chi connectivity index (χ2n) is 10.3. The Labute approximate surface area is 310 Å². The molecule has 1 aromatic carbocycles. The first-order valence-corrected chi connectivity index (χ1v) is 21.3. The predicted molar refractivity (Wildman–Crippen MR) is 176 cm³/mol. The summed E-state index contributed by atoms with van der Waals surface area (Å²) in [6.45, 7) is -1.39. The van der Waals surface area contributed by atoms with Crippen LogP contribution in [0.1, 0.15) is 23.0 Å². The summed E-state index contributed by atoms with van der Waals surface area (Å²) in [6, 6.07) is 0. The molecule has 1 fully saturated rings. The summed E-state index contributed by atoms with van der Waals surface area (Å²) in [7, 11) is -15.1. The molecule has 4 rings (SSSR count). The van der Waals surface area contributed by atoms with E-state index in [1.165, 1.54) is 0 Å². The summed E-state index contributed by atoms with van der Waals surface area (Å²) in [5, 5.41) is 15.6. The third-order valence-electron chi connectivity index (χ3n) is 6.62. The number of carbonyl (C=O) groups excluding carboxylic acids is 2. The average molecular weight is 888 g/mol. The number of aliphatic hydroxyl groups is 1. The molecule has 0 bridgehead atoms. The molecule has 33 heteroatoms. The Morgan fingerprint density at radius 3 is 2.31 bits per heavy atom. The van der Waals surface area contributed by atoms with Crippen LogP contribution in [0.3, 0.4) is 0 Å². The first kappa shape index (κ1) is 44.3. The Hall–Kier alpha value is -3.43. The van der Waals surface area contributed by atoms with Crippen LogP contribution in [0.2, 0.25) is 0 Å². The van der Waals surface area contributed by atoms with Crippen LogP contribution < -0.4 is 11.1 Å². The molecule has 2 aromatic heterocycles. The van der Waals surface area contributed by atoms with E-state index < -0.39 is 101 Å². The van der Waals surface area contributed by atoms with Gasteiger partial charge in [-0.05, 0) is 5.53 Å². The Balaban J connectivity index is 1.34. The van der Waals surface area contributed by atoms with Crippen LogP contribution in [0, 0.1) is 23.3 Å². The number of nitrogens with one attached hydrogen (secondary N) is 1. The zero-order valence-electron chi connectivity index (χ0n) is 26.7. The van der Waals surface area contributed by atoms with Crippen LogP contribution in [-0.4, -0.2) is 99.0 Å². The topological polar surface area (TPSA) is 363 Å². The van der Waals surface area contributed by atoms with Gasteiger partial charge in [0, 0.05) is 23.0 Å². The smallest absolute Gasteiger partial charge is 0.455 e. The number of esters is 1. The third-order valence-corrected chi connectivity index (χ3v) is 12.8. The Kier molecular flexibility index (Phi) is 14.7. The zero-order valence-corrected chi connectivity index (χ0v) is 31.0. The molecule has 1 aliphatic rings. The molecule has 2 unspecified atom stereocenters. The van der Waals surface area contributed by atoms with Gasteiger partial charge in [0.1, 0.15) is 35.3 Å². The van der Waals surface area contributed by atoms with Crippen LogP contribution in [0.25, 0.3) is 21.6 Å². The Morgan fingerprint density at radius 1 is 1.02 bits per heavy atom. The molecule has 55 heavy (non-hydrogen) atoms. The van der Waals surface area contributed by atoms with Gasteiger partial charge in [-0.2, -0.15) is 8.62 Å². The molecule has 24 nitrogen and oxygen atoms in total. The maximum absolute atomic E-state index is 14.2. The van der Waals surface area contributed by atoms with Crippen LogP contribution >= 0.6 is 45.1 Å². The highest BCUT2D eigenvalue weighted by Crippen LogP contribution is 2.66. The molecule has 1 amide bonds. The van der Waals surface area contributed by atoms with Crippen molar-refractivity contribution in [3.05, 3.63) is 51.9 Å². The SMILES string of the molecule is [N-]=[N+]=Nc1c(F)c(F)c(C(=O)NCCSSCCC(=O)O[C@@H]2[C@H](O)[C@@H](COP(=O)(O)OP(=O)(O)OP(=O)(O)O)O[C@H]2n2cnc3c(N)ncnc32)c(F)c1F. The van der Waals surface area contributed by atoms with E-state index in [0.29, 0.717) is 0 Å². The van der Waals surface area contributed by atoms with Crippen molar-refractivity contribution in [1.29, 1.82) is 0 Å². The summed E-state index contributed by atoms with van der Waals surface area (Å²) >= 11 is 0. The highest BCUT2D eigenvalue weighted by Gasteiger charge is 2.49. The normalized spacial score (nSPS) is 20.7. The van der Waals surface area contributed by atoms with E-state index >= 15 is 0 Å². The highest BCUT2D eigenvalue weighted by molar-refractivity contribution is 8.76. The van der Waals surface area contributed by atoms with Crippen molar-refractivity contribution in [2.75, 3.05) is 30.4 Å². The molecule has 0 saturated carbocycles. The summed E-state index contributed by atoms with van der Waals surface area (Å²) in [5.74, 6) is -10.8. The molecule has 1 aliphatic heterocycles. The van der Waals surface area contributed by atoms with E-state index in [9.17, 15) is 55.7 Å². The highest BCUT2D eigenvalue weighted by atomic mass is 33.1. The zero-order chi connectivity index (χ0) is 40.9. The monoisotopic (exact) mass is 887 g/mol. The second kappa shape index (κ2) is 18.2. The van der Waals surface area contributed by atoms with Gasteiger partial charge < -0.3 is 45.2 Å². The number of azide groups is 1. The number of ether oxygens (including phenoxy) is 2. The number of nitrogens with two attached hydrogens (primary N) is 1. The number of aromatic nitrogens is 4. The number of hydrogen-bond acceptors (Lipinski definition) is 18. The van der Waals surface area contributed by atoms with E-state index in [-0.39, 0.29) is 41.5 Å². The van der Waals surface area contributed by atoms with Gasteiger partial charge in [-0.25, -0.2) is 46.2 Å². The van der Waals surface area contributed by atoms with Crippen molar-refractivity contribution in [3.8, 4) is 0 Å². The standard InChI is InChI=1S/C22H24F4N9O15P3S2/c23-11-10(12(24)14(26)15(13(11)25)33-34-28)21(38)29-2-4-55-54-3-1-9(36)48-18-17(37)8(5-46-52(42,43)50-53(44,45)49-51(39,40)41)47-22(18)35-7-32-16-19(27)30-6-31-20(16)35/h6-8,17-18,22,37H,1-5H2,(H,29,38)(H,42,43)(H,44,45)(H2,27,30,31)(H2,39,40,41)/t8-,17-,18-,22-/m1/s1. The number of amides is 1. The summed E-state index contributed by atoms with van der Waals surface area (Å²) in [5.41, 5.74) is 11.0. The minimum absolute atomic E-state index is 0.0178. The number of anilines is 1.